The molecule has 1 heterocycles. The van der Waals surface area contributed by atoms with Crippen LogP contribution in [0.2, 0.25) is 0 Å². The van der Waals surface area contributed by atoms with Crippen molar-refractivity contribution in [3.8, 4) is 11.5 Å². The van der Waals surface area contributed by atoms with E-state index in [0.717, 1.165) is 0 Å². The van der Waals surface area contributed by atoms with Gasteiger partial charge in [0.05, 0.1) is 30.9 Å². The number of fused-ring (bicyclic) bond motifs is 1. The van der Waals surface area contributed by atoms with Crippen LogP contribution < -0.4 is 9.47 Å². The fourth-order valence-corrected chi connectivity index (χ4v) is 3.21. The van der Waals surface area contributed by atoms with Crippen molar-refractivity contribution >= 4 is 17.8 Å². The lowest BCUT2D eigenvalue weighted by Crippen LogP contribution is -2.31. The molecule has 0 spiro atoms. The van der Waals surface area contributed by atoms with Crippen molar-refractivity contribution < 1.29 is 33.3 Å². The average Bonchev–Trinajstić information content (AvgIpc) is 3.01. The lowest BCUT2D eigenvalue weighted by Gasteiger charge is -2.12. The van der Waals surface area contributed by atoms with Crippen LogP contribution >= 0.6 is 0 Å². The molecule has 158 valence electrons. The third-order valence-electron chi connectivity index (χ3n) is 4.78. The number of amides is 2. The summed E-state index contributed by atoms with van der Waals surface area (Å²) in [6, 6.07) is 9.54. The van der Waals surface area contributed by atoms with Crippen molar-refractivity contribution in [2.45, 2.75) is 13.0 Å². The van der Waals surface area contributed by atoms with Crippen molar-refractivity contribution in [1.29, 1.82) is 0 Å². The Morgan fingerprint density at radius 2 is 1.70 bits per heavy atom. The monoisotopic (exact) mass is 413 g/mol. The van der Waals surface area contributed by atoms with Gasteiger partial charge in [-0.3, -0.25) is 14.5 Å². The quantitative estimate of drug-likeness (QED) is 0.355. The van der Waals surface area contributed by atoms with E-state index in [1.807, 2.05) is 0 Å². The predicted octanol–water partition coefficient (Wildman–Crippen LogP) is 2.69. The molecule has 0 fully saturated rings. The molecule has 0 aliphatic carbocycles. The van der Waals surface area contributed by atoms with Crippen molar-refractivity contribution in [2.24, 2.45) is 0 Å². The van der Waals surface area contributed by atoms with Gasteiger partial charge in [0.15, 0.2) is 0 Å². The summed E-state index contributed by atoms with van der Waals surface area (Å²) in [6.07, 6.45) is 0.541. The molecular weight excluding hydrogens is 390 g/mol. The lowest BCUT2D eigenvalue weighted by molar-refractivity contribution is 0.0469. The number of ether oxygens (including phenoxy) is 4. The second-order valence-corrected chi connectivity index (χ2v) is 6.62. The van der Waals surface area contributed by atoms with Gasteiger partial charge in [-0.15, -0.1) is 0 Å². The molecule has 0 radical (unpaired) electrons. The summed E-state index contributed by atoms with van der Waals surface area (Å²) in [6.45, 7) is 0.667. The van der Waals surface area contributed by atoms with Crippen molar-refractivity contribution in [3.05, 3.63) is 58.7 Å². The number of imide groups is 1. The number of esters is 1. The van der Waals surface area contributed by atoms with E-state index < -0.39 is 11.9 Å². The SMILES string of the molecule is COCCCN1C(=O)c2ccc(C(=O)OCc3cc(OC)ccc3OC)cc2C1=O. The highest BCUT2D eigenvalue weighted by molar-refractivity contribution is 6.21. The Labute approximate surface area is 174 Å². The first-order valence-electron chi connectivity index (χ1n) is 9.37. The number of carbonyl (C=O) groups is 3. The first-order chi connectivity index (χ1) is 14.5. The highest BCUT2D eigenvalue weighted by Crippen LogP contribution is 2.27. The second kappa shape index (κ2) is 9.41. The van der Waals surface area contributed by atoms with E-state index in [-0.39, 0.29) is 35.7 Å². The van der Waals surface area contributed by atoms with Crippen molar-refractivity contribution in [1.82, 2.24) is 4.90 Å². The Morgan fingerprint density at radius 3 is 2.40 bits per heavy atom. The van der Waals surface area contributed by atoms with Gasteiger partial charge in [-0.1, -0.05) is 0 Å². The fourth-order valence-electron chi connectivity index (χ4n) is 3.21. The predicted molar refractivity (Wildman–Crippen MR) is 107 cm³/mol. The molecule has 30 heavy (non-hydrogen) atoms. The van der Waals surface area contributed by atoms with Gasteiger partial charge < -0.3 is 18.9 Å². The third kappa shape index (κ3) is 4.28. The third-order valence-corrected chi connectivity index (χ3v) is 4.78. The molecule has 2 aromatic carbocycles. The Bertz CT molecular complexity index is 970. The normalized spacial score (nSPS) is 12.7. The average molecular weight is 413 g/mol. The minimum absolute atomic E-state index is 0.0354. The van der Waals surface area contributed by atoms with E-state index in [2.05, 4.69) is 0 Å². The first-order valence-corrected chi connectivity index (χ1v) is 9.37. The van der Waals surface area contributed by atoms with Gasteiger partial charge in [-0.2, -0.15) is 0 Å². The standard InChI is InChI=1S/C22H23NO7/c1-27-10-4-9-23-20(24)17-7-5-14(12-18(17)21(23)25)22(26)30-13-15-11-16(28-2)6-8-19(15)29-3/h5-8,11-12H,4,9-10,13H2,1-3H3. The van der Waals surface area contributed by atoms with Crippen molar-refractivity contribution in [3.63, 3.8) is 0 Å². The maximum absolute atomic E-state index is 12.6. The summed E-state index contributed by atoms with van der Waals surface area (Å²) in [5.74, 6) is -0.231. The molecule has 1 aliphatic heterocycles. The van der Waals surface area contributed by atoms with E-state index in [1.165, 1.54) is 30.2 Å². The van der Waals surface area contributed by atoms with Gasteiger partial charge in [0, 0.05) is 25.8 Å². The minimum atomic E-state index is -0.610. The lowest BCUT2D eigenvalue weighted by atomic mass is 10.1. The summed E-state index contributed by atoms with van der Waals surface area (Å²) in [4.78, 5) is 38.7. The van der Waals surface area contributed by atoms with Crippen LogP contribution in [0.25, 0.3) is 0 Å². The van der Waals surface area contributed by atoms with Gasteiger partial charge in [0.2, 0.25) is 0 Å². The maximum Gasteiger partial charge on any atom is 0.338 e. The van der Waals surface area contributed by atoms with Crippen molar-refractivity contribution in [2.75, 3.05) is 34.5 Å². The zero-order chi connectivity index (χ0) is 21.7. The number of hydrogen-bond acceptors (Lipinski definition) is 7. The van der Waals surface area contributed by atoms with Crippen LogP contribution in [0, 0.1) is 0 Å². The molecule has 1 aliphatic rings. The topological polar surface area (TPSA) is 91.4 Å². The smallest absolute Gasteiger partial charge is 0.338 e. The van der Waals surface area contributed by atoms with Crippen LogP contribution in [-0.4, -0.2) is 57.2 Å². The summed E-state index contributed by atoms with van der Waals surface area (Å²) < 4.78 is 20.8. The van der Waals surface area contributed by atoms with Gasteiger partial charge in [-0.05, 0) is 42.8 Å². The molecule has 2 amide bonds. The number of hydrogen-bond donors (Lipinski definition) is 0. The number of rotatable bonds is 9. The van der Waals surface area contributed by atoms with Gasteiger partial charge in [0.25, 0.3) is 11.8 Å². The van der Waals surface area contributed by atoms with Crippen LogP contribution in [-0.2, 0) is 16.1 Å². The van der Waals surface area contributed by atoms with E-state index >= 15 is 0 Å². The molecule has 3 rings (SSSR count). The van der Waals surface area contributed by atoms with Crippen LogP contribution in [0.15, 0.2) is 36.4 Å². The second-order valence-electron chi connectivity index (χ2n) is 6.62. The van der Waals surface area contributed by atoms with Crippen LogP contribution in [0.4, 0.5) is 0 Å². The zero-order valence-electron chi connectivity index (χ0n) is 17.1. The highest BCUT2D eigenvalue weighted by Gasteiger charge is 2.35. The van der Waals surface area contributed by atoms with E-state index in [9.17, 15) is 14.4 Å². The van der Waals surface area contributed by atoms with Crippen LogP contribution in [0.3, 0.4) is 0 Å². The highest BCUT2D eigenvalue weighted by atomic mass is 16.5. The van der Waals surface area contributed by atoms with E-state index in [4.69, 9.17) is 18.9 Å². The van der Waals surface area contributed by atoms with Crippen LogP contribution in [0.1, 0.15) is 43.1 Å². The summed E-state index contributed by atoms with van der Waals surface area (Å²) in [7, 11) is 4.62. The minimum Gasteiger partial charge on any atom is -0.497 e. The molecule has 2 aromatic rings. The number of carbonyl (C=O) groups excluding carboxylic acids is 3. The molecule has 0 saturated carbocycles. The molecule has 0 unspecified atom stereocenters. The molecule has 0 N–H and O–H groups in total. The summed E-state index contributed by atoms with van der Waals surface area (Å²) >= 11 is 0. The van der Waals surface area contributed by atoms with Gasteiger partial charge in [0.1, 0.15) is 18.1 Å². The number of nitrogens with zero attached hydrogens (tertiary/aromatic N) is 1. The molecule has 0 bridgehead atoms. The summed E-state index contributed by atoms with van der Waals surface area (Å²) in [5.41, 5.74) is 1.31. The van der Waals surface area contributed by atoms with E-state index in [1.54, 1.807) is 32.4 Å². The molecule has 8 heteroatoms. The summed E-state index contributed by atoms with van der Waals surface area (Å²) in [5, 5.41) is 0. The van der Waals surface area contributed by atoms with Gasteiger partial charge in [-0.25, -0.2) is 4.79 Å². The Kier molecular flexibility index (Phi) is 6.68. The number of benzene rings is 2. The van der Waals surface area contributed by atoms with E-state index in [0.29, 0.717) is 30.1 Å². The zero-order valence-corrected chi connectivity index (χ0v) is 17.1. The first kappa shape index (κ1) is 21.3. The van der Waals surface area contributed by atoms with Gasteiger partial charge >= 0.3 is 5.97 Å². The molecular formula is C22H23NO7. The Balaban J connectivity index is 1.72. The maximum atomic E-state index is 12.6. The molecule has 0 saturated heterocycles. The molecule has 0 aromatic heterocycles. The Hall–Kier alpha value is -3.39. The molecule has 0 atom stereocenters. The Morgan fingerprint density at radius 1 is 0.933 bits per heavy atom. The number of methoxy groups -OCH3 is 3. The molecule has 8 nitrogen and oxygen atoms in total. The fraction of sp³-hybridized carbons (Fsp3) is 0.318. The van der Waals surface area contributed by atoms with Crippen LogP contribution in [0.5, 0.6) is 11.5 Å². The largest absolute Gasteiger partial charge is 0.497 e.